The lowest BCUT2D eigenvalue weighted by molar-refractivity contribution is -0.163. The number of piperidine rings is 1. The van der Waals surface area contributed by atoms with E-state index in [4.69, 9.17) is 18.9 Å². The van der Waals surface area contributed by atoms with Gasteiger partial charge in [-0.3, -0.25) is 9.69 Å². The van der Waals surface area contributed by atoms with Crippen LogP contribution >= 0.6 is 0 Å². The van der Waals surface area contributed by atoms with Crippen molar-refractivity contribution in [2.24, 2.45) is 0 Å². The molecule has 1 atom stereocenters. The molecule has 2 aliphatic heterocycles. The number of benzene rings is 1. The van der Waals surface area contributed by atoms with Crippen molar-refractivity contribution in [2.45, 2.75) is 84.3 Å². The molecule has 1 N–H and O–H groups in total. The van der Waals surface area contributed by atoms with E-state index in [0.717, 1.165) is 5.56 Å². The highest BCUT2D eigenvalue weighted by atomic mass is 16.6. The Hall–Kier alpha value is -3.34. The van der Waals surface area contributed by atoms with Crippen LogP contribution in [0.2, 0.25) is 0 Å². The minimum absolute atomic E-state index is 0.113. The second-order valence-electron chi connectivity index (χ2n) is 11.4. The molecule has 3 amide bonds. The smallest absolute Gasteiger partial charge is 0.415 e. The zero-order valence-electron chi connectivity index (χ0n) is 23.1. The number of rotatable bonds is 7. The molecule has 0 bridgehead atoms. The summed E-state index contributed by atoms with van der Waals surface area (Å²) in [4.78, 5) is 52.3. The fraction of sp³-hybridized carbons (Fsp3) is 0.630. The van der Waals surface area contributed by atoms with Gasteiger partial charge in [-0.2, -0.15) is 0 Å². The van der Waals surface area contributed by atoms with Crippen LogP contribution in [0.5, 0.6) is 0 Å². The topological polar surface area (TPSA) is 124 Å². The molecule has 2 aliphatic rings. The number of hydrogen-bond acceptors (Lipinski definition) is 8. The van der Waals surface area contributed by atoms with Crippen LogP contribution in [0.4, 0.5) is 15.3 Å². The molecule has 2 saturated heterocycles. The van der Waals surface area contributed by atoms with Crippen molar-refractivity contribution in [1.29, 1.82) is 0 Å². The van der Waals surface area contributed by atoms with Crippen molar-refractivity contribution >= 4 is 29.8 Å². The van der Waals surface area contributed by atoms with Crippen LogP contribution in [-0.2, 0) is 35.1 Å². The van der Waals surface area contributed by atoms with Crippen molar-refractivity contribution < 1.29 is 38.1 Å². The van der Waals surface area contributed by atoms with E-state index in [9.17, 15) is 19.2 Å². The SMILES string of the molecule is CC(C)(C)OC(=O)COC1CCN(C(=O)C2CN(c3ccc(CNC(=O)OC(C)(C)C)cc3)C(=O)O2)CC1. The zero-order valence-corrected chi connectivity index (χ0v) is 23.1. The van der Waals surface area contributed by atoms with Gasteiger partial charge in [0.05, 0.1) is 12.6 Å². The van der Waals surface area contributed by atoms with Crippen LogP contribution in [0.1, 0.15) is 59.9 Å². The Morgan fingerprint density at radius 1 is 0.974 bits per heavy atom. The Balaban J connectivity index is 1.44. The minimum atomic E-state index is -0.893. The maximum Gasteiger partial charge on any atom is 0.415 e. The van der Waals surface area contributed by atoms with Gasteiger partial charge in [-0.15, -0.1) is 0 Å². The average Bonchev–Trinajstić information content (AvgIpc) is 3.21. The molecule has 1 aromatic rings. The normalized spacial score (nSPS) is 18.7. The molecule has 2 fully saturated rings. The van der Waals surface area contributed by atoms with Gasteiger partial charge in [0, 0.05) is 25.3 Å². The number of nitrogens with zero attached hydrogens (tertiary/aromatic N) is 2. The first kappa shape index (κ1) is 29.2. The Kier molecular flexibility index (Phi) is 9.24. The summed E-state index contributed by atoms with van der Waals surface area (Å²) in [5, 5.41) is 2.69. The van der Waals surface area contributed by atoms with Crippen molar-refractivity contribution in [2.75, 3.05) is 31.1 Å². The summed E-state index contributed by atoms with van der Waals surface area (Å²) in [7, 11) is 0. The van der Waals surface area contributed by atoms with Gasteiger partial charge in [-0.25, -0.2) is 14.4 Å². The molecule has 0 spiro atoms. The molecule has 11 heteroatoms. The van der Waals surface area contributed by atoms with E-state index in [1.165, 1.54) is 4.90 Å². The molecule has 1 aromatic carbocycles. The number of carbonyl (C=O) groups is 4. The number of likely N-dealkylation sites (tertiary alicyclic amines) is 1. The largest absolute Gasteiger partial charge is 0.458 e. The van der Waals surface area contributed by atoms with Gasteiger partial charge < -0.3 is 29.2 Å². The van der Waals surface area contributed by atoms with E-state index < -0.39 is 35.5 Å². The van der Waals surface area contributed by atoms with E-state index in [2.05, 4.69) is 5.32 Å². The van der Waals surface area contributed by atoms with Gasteiger partial charge in [0.25, 0.3) is 5.91 Å². The summed E-state index contributed by atoms with van der Waals surface area (Å²) in [5.41, 5.74) is 0.282. The van der Waals surface area contributed by atoms with Gasteiger partial charge in [0.15, 0.2) is 6.10 Å². The second-order valence-corrected chi connectivity index (χ2v) is 11.4. The fourth-order valence-corrected chi connectivity index (χ4v) is 4.09. The van der Waals surface area contributed by atoms with Crippen LogP contribution in [0.25, 0.3) is 0 Å². The van der Waals surface area contributed by atoms with Crippen molar-refractivity contribution in [3.8, 4) is 0 Å². The predicted molar refractivity (Wildman–Crippen MR) is 139 cm³/mol. The summed E-state index contributed by atoms with van der Waals surface area (Å²) in [6.45, 7) is 11.9. The zero-order chi connectivity index (χ0) is 28.1. The Morgan fingerprint density at radius 2 is 1.58 bits per heavy atom. The Morgan fingerprint density at radius 3 is 2.16 bits per heavy atom. The lowest BCUT2D eigenvalue weighted by Crippen LogP contribution is -2.46. The van der Waals surface area contributed by atoms with Crippen LogP contribution in [-0.4, -0.2) is 78.6 Å². The van der Waals surface area contributed by atoms with E-state index in [1.54, 1.807) is 70.7 Å². The first-order valence-corrected chi connectivity index (χ1v) is 12.9. The number of amides is 3. The highest BCUT2D eigenvalue weighted by molar-refractivity contribution is 5.95. The van der Waals surface area contributed by atoms with Gasteiger partial charge in [0.1, 0.15) is 17.8 Å². The summed E-state index contributed by atoms with van der Waals surface area (Å²) >= 11 is 0. The molecule has 2 heterocycles. The van der Waals surface area contributed by atoms with E-state index in [-0.39, 0.29) is 31.7 Å². The molecule has 1 unspecified atom stereocenters. The minimum Gasteiger partial charge on any atom is -0.458 e. The molecular weight excluding hydrogens is 494 g/mol. The maximum atomic E-state index is 13.0. The Bertz CT molecular complexity index is 1000. The maximum absolute atomic E-state index is 13.0. The summed E-state index contributed by atoms with van der Waals surface area (Å²) in [5.74, 6) is -0.661. The number of anilines is 1. The van der Waals surface area contributed by atoms with Crippen LogP contribution in [0.3, 0.4) is 0 Å². The van der Waals surface area contributed by atoms with Gasteiger partial charge in [-0.05, 0) is 72.1 Å². The predicted octanol–water partition coefficient (Wildman–Crippen LogP) is 3.39. The molecule has 11 nitrogen and oxygen atoms in total. The first-order valence-electron chi connectivity index (χ1n) is 12.9. The number of carbonyl (C=O) groups excluding carboxylic acids is 4. The number of nitrogens with one attached hydrogen (secondary N) is 1. The lowest BCUT2D eigenvalue weighted by atomic mass is 10.1. The number of ether oxygens (including phenoxy) is 4. The molecule has 0 saturated carbocycles. The van der Waals surface area contributed by atoms with Gasteiger partial charge >= 0.3 is 18.2 Å². The Labute approximate surface area is 223 Å². The third-order valence-corrected chi connectivity index (χ3v) is 5.78. The quantitative estimate of drug-likeness (QED) is 0.418. The average molecular weight is 534 g/mol. The summed E-state index contributed by atoms with van der Waals surface area (Å²) < 4.78 is 21.5. The molecule has 0 aromatic heterocycles. The van der Waals surface area contributed by atoms with E-state index in [1.807, 2.05) is 0 Å². The second kappa shape index (κ2) is 12.0. The monoisotopic (exact) mass is 533 g/mol. The van der Waals surface area contributed by atoms with Crippen molar-refractivity contribution in [3.63, 3.8) is 0 Å². The van der Waals surface area contributed by atoms with Crippen LogP contribution < -0.4 is 10.2 Å². The summed E-state index contributed by atoms with van der Waals surface area (Å²) in [6, 6.07) is 7.07. The highest BCUT2D eigenvalue weighted by Gasteiger charge is 2.40. The third kappa shape index (κ3) is 8.90. The highest BCUT2D eigenvalue weighted by Crippen LogP contribution is 2.24. The van der Waals surface area contributed by atoms with E-state index >= 15 is 0 Å². The first-order chi connectivity index (χ1) is 17.7. The third-order valence-electron chi connectivity index (χ3n) is 5.78. The molecule has 38 heavy (non-hydrogen) atoms. The number of hydrogen-bond donors (Lipinski definition) is 1. The van der Waals surface area contributed by atoms with E-state index in [0.29, 0.717) is 31.6 Å². The standard InChI is InChI=1S/C27H39N3O8/c1-26(2,3)37-22(31)17-35-20-11-13-29(14-12-20)23(32)21-16-30(25(34)36-21)19-9-7-18(8-10-19)15-28-24(33)38-27(4,5)6/h7-10,20-21H,11-17H2,1-6H3,(H,28,33). The summed E-state index contributed by atoms with van der Waals surface area (Å²) in [6.07, 6.45) is -0.967. The van der Waals surface area contributed by atoms with Crippen LogP contribution in [0, 0.1) is 0 Å². The lowest BCUT2D eigenvalue weighted by Gasteiger charge is -2.32. The number of esters is 1. The van der Waals surface area contributed by atoms with Crippen LogP contribution in [0.15, 0.2) is 24.3 Å². The van der Waals surface area contributed by atoms with Crippen molar-refractivity contribution in [3.05, 3.63) is 29.8 Å². The molecule has 3 rings (SSSR count). The number of alkyl carbamates (subject to hydrolysis) is 1. The van der Waals surface area contributed by atoms with Gasteiger partial charge in [-0.1, -0.05) is 12.1 Å². The molecular formula is C27H39N3O8. The molecule has 0 radical (unpaired) electrons. The number of cyclic esters (lactones) is 1. The molecule has 210 valence electrons. The van der Waals surface area contributed by atoms with Gasteiger partial charge in [0.2, 0.25) is 0 Å². The fourth-order valence-electron chi connectivity index (χ4n) is 4.09. The van der Waals surface area contributed by atoms with Crippen molar-refractivity contribution in [1.82, 2.24) is 10.2 Å². The molecule has 0 aliphatic carbocycles.